The lowest BCUT2D eigenvalue weighted by molar-refractivity contribution is -0.125. The van der Waals surface area contributed by atoms with Crippen LogP contribution in [0.15, 0.2) is 12.8 Å². The molecule has 2 aliphatic heterocycles. The van der Waals surface area contributed by atoms with Crippen LogP contribution in [0.25, 0.3) is 0 Å². The van der Waals surface area contributed by atoms with Crippen molar-refractivity contribution in [3.05, 3.63) is 12.8 Å². The number of hydrogen-bond donors (Lipinski definition) is 0. The van der Waals surface area contributed by atoms with Crippen molar-refractivity contribution in [2.75, 3.05) is 13.2 Å². The fourth-order valence-electron chi connectivity index (χ4n) is 2.17. The largest absolute Gasteiger partial charge is 0.458 e. The highest BCUT2D eigenvalue weighted by molar-refractivity contribution is 7.09. The lowest BCUT2D eigenvalue weighted by Crippen LogP contribution is -2.42. The van der Waals surface area contributed by atoms with Gasteiger partial charge in [0, 0.05) is 19.6 Å². The fourth-order valence-corrected chi connectivity index (χ4v) is 16.1. The van der Waals surface area contributed by atoms with Gasteiger partial charge in [-0.1, -0.05) is 6.58 Å². The minimum Gasteiger partial charge on any atom is -0.458 e. The van der Waals surface area contributed by atoms with E-state index in [-0.39, 0.29) is 15.2 Å². The van der Waals surface area contributed by atoms with Crippen LogP contribution in [0.1, 0.15) is 19.3 Å². The van der Waals surface area contributed by atoms with Crippen LogP contribution in [-0.4, -0.2) is 50.1 Å². The third-order valence-corrected chi connectivity index (χ3v) is 13.6. The molecule has 4 nitrogen and oxygen atoms in total. The molecule has 0 aromatic heterocycles. The lowest BCUT2D eigenvalue weighted by Gasteiger charge is -2.27. The molecule has 1 amide bonds. The van der Waals surface area contributed by atoms with Crippen LogP contribution in [0.4, 0.5) is 0 Å². The smallest absolute Gasteiger partial charge is 0.226 e. The Balaban J connectivity index is 0.000000200. The Bertz CT molecular complexity index is 301. The molecule has 2 saturated heterocycles. The zero-order chi connectivity index (χ0) is 14.3. The predicted molar refractivity (Wildman–Crippen MR) is 86.6 cm³/mol. The molecule has 0 aromatic rings. The molecule has 0 aliphatic carbocycles. The quantitative estimate of drug-likeness (QED) is 0.737. The molecule has 2 aliphatic rings. The molecule has 0 aromatic carbocycles. The van der Waals surface area contributed by atoms with E-state index in [2.05, 4.69) is 26.2 Å². The Morgan fingerprint density at radius 1 is 1.47 bits per heavy atom. The summed E-state index contributed by atoms with van der Waals surface area (Å²) in [4.78, 5) is 12.3. The Morgan fingerprint density at radius 3 is 2.58 bits per heavy atom. The number of rotatable bonds is 3. The van der Waals surface area contributed by atoms with Crippen LogP contribution in [0.3, 0.4) is 0 Å². The molecule has 0 N–H and O–H groups in total. The van der Waals surface area contributed by atoms with E-state index in [1.165, 1.54) is 12.5 Å². The Labute approximate surface area is 121 Å². The Hall–Kier alpha value is -0.219. The third kappa shape index (κ3) is 7.21. The van der Waals surface area contributed by atoms with Gasteiger partial charge in [0.25, 0.3) is 0 Å². The van der Waals surface area contributed by atoms with Gasteiger partial charge in [0.1, 0.15) is 0 Å². The molecule has 1 atom stereocenters. The van der Waals surface area contributed by atoms with Gasteiger partial charge in [0.05, 0.1) is 0 Å². The summed E-state index contributed by atoms with van der Waals surface area (Å²) in [6.07, 6.45) is 4.54. The second kappa shape index (κ2) is 8.15. The zero-order valence-corrected chi connectivity index (χ0v) is 16.1. The van der Waals surface area contributed by atoms with Gasteiger partial charge in [-0.3, -0.25) is 4.79 Å². The van der Waals surface area contributed by atoms with Crippen LogP contribution in [0.2, 0.25) is 25.7 Å². The van der Waals surface area contributed by atoms with Crippen molar-refractivity contribution >= 4 is 32.1 Å². The highest BCUT2D eigenvalue weighted by Crippen LogP contribution is 2.12. The van der Waals surface area contributed by atoms with Crippen molar-refractivity contribution in [1.82, 2.24) is 4.90 Å². The Kier molecular flexibility index (Phi) is 7.22. The van der Waals surface area contributed by atoms with Crippen LogP contribution in [0, 0.1) is 0 Å². The average Bonchev–Trinajstić information content (AvgIpc) is 2.74. The topological polar surface area (TPSA) is 38.8 Å². The van der Waals surface area contributed by atoms with Gasteiger partial charge in [-0.05, 0) is 44.7 Å². The maximum atomic E-state index is 10.7. The van der Waals surface area contributed by atoms with Crippen molar-refractivity contribution in [2.24, 2.45) is 0 Å². The fraction of sp³-hybridized carbons (Fsp3) is 0.750. The summed E-state index contributed by atoms with van der Waals surface area (Å²) in [5.41, 5.74) is 0. The maximum absolute atomic E-state index is 10.7. The lowest BCUT2D eigenvalue weighted by atomic mass is 10.4. The molecule has 0 spiro atoms. The van der Waals surface area contributed by atoms with E-state index in [9.17, 15) is 4.79 Å². The third-order valence-electron chi connectivity index (χ3n) is 2.97. The van der Waals surface area contributed by atoms with Crippen molar-refractivity contribution < 1.29 is 13.3 Å². The second-order valence-corrected chi connectivity index (χ2v) is 17.4. The maximum Gasteiger partial charge on any atom is 0.226 e. The monoisotopic (exact) mass is 317 g/mol. The summed E-state index contributed by atoms with van der Waals surface area (Å²) in [6.45, 7) is 12.2. The van der Waals surface area contributed by atoms with Crippen molar-refractivity contribution in [3.63, 3.8) is 0 Å². The van der Waals surface area contributed by atoms with Gasteiger partial charge in [0.2, 0.25) is 5.91 Å². The highest BCUT2D eigenvalue weighted by Gasteiger charge is 2.24. The van der Waals surface area contributed by atoms with Crippen LogP contribution < -0.4 is 0 Å². The van der Waals surface area contributed by atoms with E-state index in [0.717, 1.165) is 19.6 Å². The van der Waals surface area contributed by atoms with Gasteiger partial charge >= 0.3 is 0 Å². The van der Waals surface area contributed by atoms with Gasteiger partial charge in [-0.2, -0.15) is 0 Å². The summed E-state index contributed by atoms with van der Waals surface area (Å²) < 4.78 is 11.6. The van der Waals surface area contributed by atoms with Crippen molar-refractivity contribution in [1.29, 1.82) is 0 Å². The molecule has 0 radical (unpaired) electrons. The molecule has 7 heteroatoms. The average molecular weight is 318 g/mol. The summed E-state index contributed by atoms with van der Waals surface area (Å²) >= 11 is 0. The van der Waals surface area contributed by atoms with Gasteiger partial charge in [-0.15, -0.1) is 0 Å². The standard InChI is InChI=1S/C6H9NO.C6H18O2Si3/c1-2-7-5-3-4-6(7)8;1-11(2,3)8-10-6-4-5-7-9-10/h2H,1,3-5H2;10H,4-6,9H2,1-3H3. The molecule has 2 rings (SSSR count). The number of amides is 1. The molecule has 0 saturated carbocycles. The molecular formula is C12H27NO3Si3. The minimum absolute atomic E-state index is 0.206. The molecule has 19 heavy (non-hydrogen) atoms. The Morgan fingerprint density at radius 2 is 2.21 bits per heavy atom. The first kappa shape index (κ1) is 16.8. The van der Waals surface area contributed by atoms with Gasteiger partial charge in [-0.25, -0.2) is 0 Å². The van der Waals surface area contributed by atoms with Crippen molar-refractivity contribution in [2.45, 2.75) is 44.9 Å². The number of carbonyl (C=O) groups excluding carboxylic acids is 1. The van der Waals surface area contributed by atoms with Crippen LogP contribution >= 0.6 is 0 Å². The number of carbonyl (C=O) groups is 1. The van der Waals surface area contributed by atoms with Crippen LogP contribution in [0.5, 0.6) is 0 Å². The number of hydrogen-bond acceptors (Lipinski definition) is 3. The molecule has 1 unspecified atom stereocenters. The first-order valence-electron chi connectivity index (χ1n) is 7.10. The molecule has 2 heterocycles. The first-order chi connectivity index (χ1) is 8.92. The van der Waals surface area contributed by atoms with E-state index in [0.29, 0.717) is 6.42 Å². The molecule has 110 valence electrons. The van der Waals surface area contributed by atoms with Crippen molar-refractivity contribution in [3.8, 4) is 0 Å². The number of nitrogens with zero attached hydrogens (tertiary/aromatic N) is 1. The second-order valence-electron chi connectivity index (χ2n) is 5.94. The van der Waals surface area contributed by atoms with E-state index >= 15 is 0 Å². The van der Waals surface area contributed by atoms with Gasteiger partial charge in [0.15, 0.2) is 26.2 Å². The summed E-state index contributed by atoms with van der Waals surface area (Å²) in [5, 5.41) is 0. The summed E-state index contributed by atoms with van der Waals surface area (Å²) in [6, 6.07) is 1.39. The van der Waals surface area contributed by atoms with E-state index < -0.39 is 16.9 Å². The summed E-state index contributed by atoms with van der Waals surface area (Å²) in [7, 11) is -2.21. The number of likely N-dealkylation sites (tertiary alicyclic amines) is 1. The first-order valence-corrected chi connectivity index (χ1v) is 15.6. The minimum atomic E-state index is -1.23. The normalized spacial score (nSPS) is 25.1. The van der Waals surface area contributed by atoms with E-state index in [4.69, 9.17) is 8.54 Å². The summed E-state index contributed by atoms with van der Waals surface area (Å²) in [5.74, 6) is 0.208. The van der Waals surface area contributed by atoms with Crippen LogP contribution in [-0.2, 0) is 13.3 Å². The van der Waals surface area contributed by atoms with E-state index in [1.807, 2.05) is 0 Å². The molecule has 2 fully saturated rings. The predicted octanol–water partition coefficient (Wildman–Crippen LogP) is 1.31. The molecular weight excluding hydrogens is 290 g/mol. The zero-order valence-electron chi connectivity index (χ0n) is 12.5. The molecule has 0 bridgehead atoms. The van der Waals surface area contributed by atoms with E-state index in [1.54, 1.807) is 11.1 Å². The van der Waals surface area contributed by atoms with Gasteiger partial charge < -0.3 is 13.4 Å². The highest BCUT2D eigenvalue weighted by atomic mass is 29.2. The SMILES string of the molecule is C=CN1CCCC1=O.C[Si](C)(C)O[SiH]1CCCO[SiH2]1.